The summed E-state index contributed by atoms with van der Waals surface area (Å²) >= 11 is 0. The molecule has 1 saturated carbocycles. The van der Waals surface area contributed by atoms with E-state index < -0.39 is 0 Å². The van der Waals surface area contributed by atoms with Crippen molar-refractivity contribution in [1.82, 2.24) is 30.0 Å². The molecule has 0 saturated heterocycles. The average molecular weight is 492 g/mol. The normalized spacial score (nSPS) is 17.3. The van der Waals surface area contributed by atoms with Crippen LogP contribution >= 0.6 is 0 Å². The van der Waals surface area contributed by atoms with Gasteiger partial charge in [-0.15, -0.1) is 0 Å². The number of imidazole rings is 1. The monoisotopic (exact) mass is 491 g/mol. The first-order valence-electron chi connectivity index (χ1n) is 13.2. The number of fused-ring (bicyclic) bond motifs is 2. The molecule has 0 radical (unpaired) electrons. The predicted octanol–water partition coefficient (Wildman–Crippen LogP) is 5.03. The van der Waals surface area contributed by atoms with Crippen molar-refractivity contribution in [2.75, 3.05) is 25.4 Å². The fraction of sp³-hybridized carbons (Fsp3) is 0.300. The minimum Gasteiger partial charge on any atom is -0.382 e. The number of pyridine rings is 1. The molecule has 0 bridgehead atoms. The van der Waals surface area contributed by atoms with Gasteiger partial charge in [-0.3, -0.25) is 4.40 Å². The van der Waals surface area contributed by atoms with Crippen LogP contribution < -0.4 is 16.4 Å². The lowest BCUT2D eigenvalue weighted by molar-refractivity contribution is 0.280. The van der Waals surface area contributed by atoms with Gasteiger partial charge in [-0.1, -0.05) is 55.5 Å². The number of nitrogens with two attached hydrogens (primary N) is 1. The molecule has 7 nitrogen and oxygen atoms in total. The Morgan fingerprint density at radius 1 is 0.973 bits per heavy atom. The van der Waals surface area contributed by atoms with Crippen LogP contribution in [-0.2, 0) is 0 Å². The second kappa shape index (κ2) is 10.3. The van der Waals surface area contributed by atoms with Crippen LogP contribution in [0.3, 0.4) is 0 Å². The number of aromatic nitrogens is 4. The van der Waals surface area contributed by atoms with Crippen LogP contribution in [0.5, 0.6) is 0 Å². The van der Waals surface area contributed by atoms with E-state index in [0.29, 0.717) is 17.8 Å². The molecule has 0 atom stereocenters. The number of hydrogen-bond acceptors (Lipinski definition) is 6. The summed E-state index contributed by atoms with van der Waals surface area (Å²) in [6.45, 7) is 5.28. The predicted molar refractivity (Wildman–Crippen MR) is 150 cm³/mol. The molecular formula is C30H33N7. The average Bonchev–Trinajstić information content (AvgIpc) is 3.30. The van der Waals surface area contributed by atoms with Crippen molar-refractivity contribution in [1.29, 1.82) is 0 Å². The number of nitrogens with one attached hydrogen (secondary N) is 2. The Bertz CT molecular complexity index is 1520. The quantitative estimate of drug-likeness (QED) is 0.251. The highest BCUT2D eigenvalue weighted by molar-refractivity contribution is 5.91. The highest BCUT2D eigenvalue weighted by atomic mass is 15.1. The molecule has 1 aliphatic rings. The van der Waals surface area contributed by atoms with E-state index in [1.807, 2.05) is 24.4 Å². The molecule has 2 aromatic carbocycles. The van der Waals surface area contributed by atoms with Gasteiger partial charge in [-0.25, -0.2) is 15.0 Å². The molecule has 37 heavy (non-hydrogen) atoms. The van der Waals surface area contributed by atoms with Crippen LogP contribution in [0.25, 0.3) is 38.9 Å². The fourth-order valence-corrected chi connectivity index (χ4v) is 5.30. The summed E-state index contributed by atoms with van der Waals surface area (Å²) in [6.07, 6.45) is 7.07. The highest BCUT2D eigenvalue weighted by Gasteiger charge is 2.34. The Kier molecular flexibility index (Phi) is 6.55. The van der Waals surface area contributed by atoms with Crippen molar-refractivity contribution in [3.05, 3.63) is 78.9 Å². The molecule has 5 aromatic rings. The topological polar surface area (TPSA) is 93.2 Å². The second-order valence-corrected chi connectivity index (χ2v) is 9.85. The number of anilines is 1. The van der Waals surface area contributed by atoms with Gasteiger partial charge in [0, 0.05) is 40.9 Å². The summed E-state index contributed by atoms with van der Waals surface area (Å²) in [6, 6.07) is 21.4. The molecule has 3 heterocycles. The van der Waals surface area contributed by atoms with Crippen molar-refractivity contribution in [2.24, 2.45) is 0 Å². The second-order valence-electron chi connectivity index (χ2n) is 9.85. The van der Waals surface area contributed by atoms with Gasteiger partial charge in [0.05, 0.1) is 11.2 Å². The third kappa shape index (κ3) is 4.68. The van der Waals surface area contributed by atoms with Crippen molar-refractivity contribution >= 4 is 22.2 Å². The van der Waals surface area contributed by atoms with E-state index in [1.54, 1.807) is 6.20 Å². The largest absolute Gasteiger partial charge is 0.382 e. The first-order chi connectivity index (χ1) is 18.2. The zero-order valence-corrected chi connectivity index (χ0v) is 21.2. The lowest BCUT2D eigenvalue weighted by Crippen LogP contribution is -2.41. The Labute approximate surface area is 217 Å². The van der Waals surface area contributed by atoms with Crippen LogP contribution in [-0.4, -0.2) is 45.0 Å². The molecule has 1 fully saturated rings. The molecule has 3 aromatic heterocycles. The van der Waals surface area contributed by atoms with Gasteiger partial charge in [0.2, 0.25) is 0 Å². The molecule has 188 valence electrons. The lowest BCUT2D eigenvalue weighted by atomic mass is 9.79. The number of nitrogens with zero attached hydrogens (tertiary/aromatic N) is 4. The summed E-state index contributed by atoms with van der Waals surface area (Å²) in [7, 11) is 0. The summed E-state index contributed by atoms with van der Waals surface area (Å²) in [4.78, 5) is 14.5. The minimum absolute atomic E-state index is 0.401. The van der Waals surface area contributed by atoms with E-state index in [1.165, 1.54) is 0 Å². The maximum Gasteiger partial charge on any atom is 0.150 e. The highest BCUT2D eigenvalue weighted by Crippen LogP contribution is 2.40. The van der Waals surface area contributed by atoms with Crippen molar-refractivity contribution in [2.45, 2.75) is 38.1 Å². The Morgan fingerprint density at radius 2 is 1.81 bits per heavy atom. The van der Waals surface area contributed by atoms with Crippen LogP contribution in [0.2, 0.25) is 0 Å². The number of nitrogen functional groups attached to an aromatic ring is 1. The summed E-state index contributed by atoms with van der Waals surface area (Å²) in [5.74, 6) is 1.97. The molecule has 6 rings (SSSR count). The molecule has 0 aliphatic heterocycles. The molecule has 7 heteroatoms. The summed E-state index contributed by atoms with van der Waals surface area (Å²) < 4.78 is 2.14. The van der Waals surface area contributed by atoms with Crippen LogP contribution in [0.15, 0.2) is 73.1 Å². The first kappa shape index (κ1) is 23.6. The molecule has 4 N–H and O–H groups in total. The Hall–Kier alpha value is -3.81. The fourth-order valence-electron chi connectivity index (χ4n) is 5.30. The van der Waals surface area contributed by atoms with Gasteiger partial charge in [-0.2, -0.15) is 0 Å². The van der Waals surface area contributed by atoms with Gasteiger partial charge in [-0.05, 0) is 51.0 Å². The van der Waals surface area contributed by atoms with Crippen LogP contribution in [0.4, 0.5) is 5.82 Å². The van der Waals surface area contributed by atoms with Crippen molar-refractivity contribution in [3.63, 3.8) is 0 Å². The molecule has 0 unspecified atom stereocenters. The number of rotatable bonds is 9. The molecule has 1 aliphatic carbocycles. The van der Waals surface area contributed by atoms with E-state index >= 15 is 0 Å². The van der Waals surface area contributed by atoms with E-state index in [0.717, 1.165) is 83.7 Å². The SMILES string of the molecule is CCNCCCNC1CC(c2nc(-c3ccc4ccc(-c5ccccc5)nc4c3)c3c(N)nccn23)C1. The standard InChI is InChI=1S/C30H33N7/c1-2-32-13-6-14-33-24-17-23(18-24)30-36-27(28-29(31)34-15-16-37(28)30)22-10-9-21-11-12-25(35-26(21)19-22)20-7-4-3-5-8-20/h3-5,7-12,15-16,19,23-24,32-33H,2,6,13-14,17-18H2,1H3,(H2,31,34). The Balaban J connectivity index is 1.30. The zero-order chi connectivity index (χ0) is 25.2. The summed E-state index contributed by atoms with van der Waals surface area (Å²) in [5.41, 5.74) is 12.2. The Morgan fingerprint density at radius 3 is 2.65 bits per heavy atom. The van der Waals surface area contributed by atoms with E-state index in [4.69, 9.17) is 15.7 Å². The first-order valence-corrected chi connectivity index (χ1v) is 13.2. The van der Waals surface area contributed by atoms with Gasteiger partial charge < -0.3 is 16.4 Å². The maximum absolute atomic E-state index is 6.41. The van der Waals surface area contributed by atoms with Crippen molar-refractivity contribution < 1.29 is 0 Å². The van der Waals surface area contributed by atoms with Gasteiger partial charge in [0.15, 0.2) is 0 Å². The number of benzene rings is 2. The third-order valence-corrected chi connectivity index (χ3v) is 7.36. The number of hydrogen-bond donors (Lipinski definition) is 3. The van der Waals surface area contributed by atoms with Gasteiger partial charge >= 0.3 is 0 Å². The van der Waals surface area contributed by atoms with Crippen LogP contribution in [0.1, 0.15) is 37.9 Å². The van der Waals surface area contributed by atoms with Crippen molar-refractivity contribution in [3.8, 4) is 22.5 Å². The van der Waals surface area contributed by atoms with Gasteiger partial charge in [0.1, 0.15) is 22.9 Å². The van der Waals surface area contributed by atoms with E-state index in [2.05, 4.69) is 69.4 Å². The molecule has 0 amide bonds. The third-order valence-electron chi connectivity index (χ3n) is 7.36. The zero-order valence-electron chi connectivity index (χ0n) is 21.2. The summed E-state index contributed by atoms with van der Waals surface area (Å²) in [5, 5.41) is 8.17. The van der Waals surface area contributed by atoms with Gasteiger partial charge in [0.25, 0.3) is 0 Å². The van der Waals surface area contributed by atoms with E-state index in [9.17, 15) is 0 Å². The lowest BCUT2D eigenvalue weighted by Gasteiger charge is -2.35. The maximum atomic E-state index is 6.41. The smallest absolute Gasteiger partial charge is 0.150 e. The molecule has 0 spiro atoms. The minimum atomic E-state index is 0.401. The molecular weight excluding hydrogens is 458 g/mol. The van der Waals surface area contributed by atoms with E-state index in [-0.39, 0.29) is 0 Å². The van der Waals surface area contributed by atoms with Crippen LogP contribution in [0, 0.1) is 0 Å².